The summed E-state index contributed by atoms with van der Waals surface area (Å²) in [5.41, 5.74) is 0. The molecule has 0 saturated heterocycles. The molecule has 0 rings (SSSR count). The van der Waals surface area contributed by atoms with E-state index in [0.717, 1.165) is 0 Å². The maximum absolute atomic E-state index is 11.1. The number of hydrogen-bond acceptors (Lipinski definition) is 3. The van der Waals surface area contributed by atoms with E-state index in [-0.39, 0.29) is 6.61 Å². The Balaban J connectivity index is 4.44. The summed E-state index contributed by atoms with van der Waals surface area (Å²) in [5, 5.41) is 0. The molecule has 62 valence electrons. The van der Waals surface area contributed by atoms with Crippen LogP contribution in [0.3, 0.4) is 0 Å². The molecule has 0 aliphatic heterocycles. The van der Waals surface area contributed by atoms with Crippen molar-refractivity contribution in [1.29, 1.82) is 0 Å². The summed E-state index contributed by atoms with van der Waals surface area (Å²) in [6.07, 6.45) is 0. The van der Waals surface area contributed by atoms with Gasteiger partial charge in [0.1, 0.15) is 0 Å². The fourth-order valence-electron chi connectivity index (χ4n) is 0.332. The molecule has 0 bridgehead atoms. The highest BCUT2D eigenvalue weighted by atomic mass is 32.4. The van der Waals surface area contributed by atoms with Crippen LogP contribution in [-0.2, 0) is 13.8 Å². The van der Waals surface area contributed by atoms with Crippen LogP contribution in [-0.4, -0.2) is 22.2 Å². The van der Waals surface area contributed by atoms with Crippen LogP contribution < -0.4 is 0 Å². The molecule has 0 aromatic carbocycles. The van der Waals surface area contributed by atoms with Gasteiger partial charge in [0.2, 0.25) is 16.8 Å². The van der Waals surface area contributed by atoms with Gasteiger partial charge in [-0.1, -0.05) is 19.6 Å². The predicted molar refractivity (Wildman–Crippen MR) is 43.9 cm³/mol. The summed E-state index contributed by atoms with van der Waals surface area (Å²) in [6, 6.07) is 0. The van der Waals surface area contributed by atoms with Gasteiger partial charge in [0.05, 0.1) is 6.61 Å². The lowest BCUT2D eigenvalue weighted by Gasteiger charge is -2.14. The fourth-order valence-corrected chi connectivity index (χ4v) is 2.41. The quantitative estimate of drug-likeness (QED) is 0.616. The molecule has 0 aliphatic carbocycles. The van der Waals surface area contributed by atoms with E-state index in [9.17, 15) is 8.42 Å². The molecule has 0 saturated carbocycles. The first kappa shape index (κ1) is 10.1. The Labute approximate surface area is 63.2 Å². The Morgan fingerprint density at radius 1 is 1.30 bits per heavy atom. The molecule has 10 heavy (non-hydrogen) atoms. The van der Waals surface area contributed by atoms with Crippen LogP contribution >= 0.6 is 0 Å². The summed E-state index contributed by atoms with van der Waals surface area (Å²) in [5.74, 6) is 0. The van der Waals surface area contributed by atoms with Crippen molar-refractivity contribution in [1.82, 2.24) is 0 Å². The van der Waals surface area contributed by atoms with Gasteiger partial charge < -0.3 is 0 Å². The maximum atomic E-state index is 11.1. The molecule has 0 spiro atoms. The zero-order valence-electron chi connectivity index (χ0n) is 6.84. The molecule has 0 aliphatic rings. The van der Waals surface area contributed by atoms with Crippen LogP contribution in [0, 0.1) is 0 Å². The smallest absolute Gasteiger partial charge is 0.229 e. The molecule has 0 radical (unpaired) electrons. The van der Waals surface area contributed by atoms with Gasteiger partial charge in [0.25, 0.3) is 0 Å². The van der Waals surface area contributed by atoms with Crippen molar-refractivity contribution < 1.29 is 12.6 Å². The van der Waals surface area contributed by atoms with Crippen LogP contribution in [0.4, 0.5) is 0 Å². The molecule has 0 N–H and O–H groups in total. The largest absolute Gasteiger partial charge is 0.276 e. The van der Waals surface area contributed by atoms with Crippen molar-refractivity contribution in [3.05, 3.63) is 0 Å². The first-order valence-corrected chi connectivity index (χ1v) is 8.83. The Hall–Kier alpha value is 0.127. The normalized spacial score (nSPS) is 13.6. The molecule has 0 aromatic rings. The van der Waals surface area contributed by atoms with Gasteiger partial charge in [0.15, 0.2) is 0 Å². The number of hydrogen-bond donors (Lipinski definition) is 0. The van der Waals surface area contributed by atoms with Gasteiger partial charge >= 0.3 is 0 Å². The summed E-state index contributed by atoms with van der Waals surface area (Å²) >= 11 is 0. The second-order valence-corrected chi connectivity index (χ2v) is 13.5. The topological polar surface area (TPSA) is 43.4 Å². The highest BCUT2D eigenvalue weighted by molar-refractivity contribution is 8.18. The molecule has 0 amide bonds. The van der Waals surface area contributed by atoms with Crippen LogP contribution in [0.25, 0.3) is 0 Å². The highest BCUT2D eigenvalue weighted by Crippen LogP contribution is 2.12. The van der Waals surface area contributed by atoms with E-state index in [4.69, 9.17) is 0 Å². The lowest BCUT2D eigenvalue weighted by atomic mass is 10.9. The SMILES string of the molecule is CCOS(=O)(=O)[Si](C)(C)C. The van der Waals surface area contributed by atoms with Crippen molar-refractivity contribution in [2.24, 2.45) is 0 Å². The van der Waals surface area contributed by atoms with Crippen molar-refractivity contribution in [2.75, 3.05) is 6.61 Å². The van der Waals surface area contributed by atoms with Gasteiger partial charge in [-0.25, -0.2) is 8.42 Å². The molecule has 0 fully saturated rings. The Kier molecular flexibility index (Phi) is 3.06. The van der Waals surface area contributed by atoms with Crippen molar-refractivity contribution >= 4 is 16.8 Å². The van der Waals surface area contributed by atoms with Gasteiger partial charge in [-0.15, -0.1) is 0 Å². The van der Waals surface area contributed by atoms with Crippen LogP contribution in [0.5, 0.6) is 0 Å². The maximum Gasteiger partial charge on any atom is 0.229 e. The Morgan fingerprint density at radius 3 is 1.80 bits per heavy atom. The van der Waals surface area contributed by atoms with Gasteiger partial charge in [0, 0.05) is 0 Å². The number of rotatable bonds is 3. The molecule has 5 heteroatoms. The van der Waals surface area contributed by atoms with Gasteiger partial charge in [-0.3, -0.25) is 4.18 Å². The van der Waals surface area contributed by atoms with E-state index in [1.54, 1.807) is 26.6 Å². The molecule has 3 nitrogen and oxygen atoms in total. The summed E-state index contributed by atoms with van der Waals surface area (Å²) in [4.78, 5) is 0. The van der Waals surface area contributed by atoms with E-state index in [1.165, 1.54) is 0 Å². The van der Waals surface area contributed by atoms with E-state index >= 15 is 0 Å². The van der Waals surface area contributed by atoms with Gasteiger partial charge in [-0.05, 0) is 6.92 Å². The second-order valence-electron chi connectivity index (χ2n) is 2.97. The van der Waals surface area contributed by atoms with Crippen LogP contribution in [0.15, 0.2) is 0 Å². The Bertz CT molecular complexity index is 189. The standard InChI is InChI=1S/C5H14O3SSi/c1-5-8-9(6,7)10(2,3)4/h5H2,1-4H3. The third kappa shape index (κ3) is 2.40. The minimum Gasteiger partial charge on any atom is -0.276 e. The average Bonchev–Trinajstić information content (AvgIpc) is 1.61. The molecule has 0 aromatic heterocycles. The van der Waals surface area contributed by atoms with Crippen molar-refractivity contribution in [2.45, 2.75) is 26.6 Å². The minimum absolute atomic E-state index is 0.243. The van der Waals surface area contributed by atoms with Crippen molar-refractivity contribution in [3.8, 4) is 0 Å². The fraction of sp³-hybridized carbons (Fsp3) is 1.00. The molecule has 0 atom stereocenters. The third-order valence-corrected chi connectivity index (χ3v) is 7.92. The van der Waals surface area contributed by atoms with E-state index < -0.39 is 16.8 Å². The van der Waals surface area contributed by atoms with E-state index in [0.29, 0.717) is 0 Å². The third-order valence-electron chi connectivity index (χ3n) is 1.02. The Morgan fingerprint density at radius 2 is 1.70 bits per heavy atom. The zero-order valence-corrected chi connectivity index (χ0v) is 8.66. The molecule has 0 unspecified atom stereocenters. The molecular formula is C5H14O3SSi. The molecular weight excluding hydrogens is 168 g/mol. The van der Waals surface area contributed by atoms with Crippen LogP contribution in [0.2, 0.25) is 19.6 Å². The minimum atomic E-state index is -3.21. The first-order chi connectivity index (χ1) is 4.31. The first-order valence-electron chi connectivity index (χ1n) is 3.20. The van der Waals surface area contributed by atoms with Gasteiger partial charge in [-0.2, -0.15) is 0 Å². The monoisotopic (exact) mass is 182 g/mol. The molecule has 0 heterocycles. The van der Waals surface area contributed by atoms with Crippen molar-refractivity contribution in [3.63, 3.8) is 0 Å². The second kappa shape index (κ2) is 3.02. The lowest BCUT2D eigenvalue weighted by molar-refractivity contribution is 0.347. The predicted octanol–water partition coefficient (Wildman–Crippen LogP) is 1.19. The van der Waals surface area contributed by atoms with E-state index in [1.807, 2.05) is 0 Å². The van der Waals surface area contributed by atoms with E-state index in [2.05, 4.69) is 4.18 Å². The summed E-state index contributed by atoms with van der Waals surface area (Å²) < 4.78 is 26.8. The zero-order chi connectivity index (χ0) is 8.41. The van der Waals surface area contributed by atoms with Crippen LogP contribution in [0.1, 0.15) is 6.92 Å². The summed E-state index contributed by atoms with van der Waals surface area (Å²) in [7, 11) is -5.36. The highest BCUT2D eigenvalue weighted by Gasteiger charge is 2.32. The average molecular weight is 182 g/mol. The lowest BCUT2D eigenvalue weighted by Crippen LogP contribution is -2.34. The summed E-state index contributed by atoms with van der Waals surface area (Å²) in [6.45, 7) is 7.16.